The lowest BCUT2D eigenvalue weighted by molar-refractivity contribution is 0.0600. The third-order valence-corrected chi connectivity index (χ3v) is 2.63. The first-order chi connectivity index (χ1) is 8.10. The monoisotopic (exact) mass is 236 g/mol. The van der Waals surface area contributed by atoms with E-state index in [9.17, 15) is 4.79 Å². The summed E-state index contributed by atoms with van der Waals surface area (Å²) < 4.78 is 4.73. The number of hydrogen-bond acceptors (Lipinski definition) is 4. The summed E-state index contributed by atoms with van der Waals surface area (Å²) in [5.41, 5.74) is 2.88. The van der Waals surface area contributed by atoms with E-state index in [2.05, 4.69) is 5.32 Å². The van der Waals surface area contributed by atoms with Crippen molar-refractivity contribution in [2.24, 2.45) is 0 Å². The van der Waals surface area contributed by atoms with Crippen LogP contribution in [0.2, 0.25) is 0 Å². The van der Waals surface area contributed by atoms with Crippen molar-refractivity contribution in [2.45, 2.75) is 6.42 Å². The molecule has 0 aliphatic heterocycles. The van der Waals surface area contributed by atoms with Gasteiger partial charge in [-0.25, -0.2) is 4.79 Å². The van der Waals surface area contributed by atoms with Crippen molar-refractivity contribution in [1.82, 2.24) is 5.32 Å². The van der Waals surface area contributed by atoms with Gasteiger partial charge in [0.1, 0.15) is 0 Å². The highest BCUT2D eigenvalue weighted by Gasteiger charge is 2.10. The molecule has 0 bridgehead atoms. The summed E-state index contributed by atoms with van der Waals surface area (Å²) in [5, 5.41) is 3.11. The summed E-state index contributed by atoms with van der Waals surface area (Å²) >= 11 is 0. The largest absolute Gasteiger partial charge is 0.465 e. The number of hydrogen-bond donors (Lipinski definition) is 1. The summed E-state index contributed by atoms with van der Waals surface area (Å²) in [4.78, 5) is 13.5. The molecule has 4 heteroatoms. The molecule has 1 rings (SSSR count). The Bertz CT molecular complexity index is 389. The molecule has 0 spiro atoms. The van der Waals surface area contributed by atoms with Gasteiger partial charge in [-0.15, -0.1) is 0 Å². The van der Waals surface area contributed by atoms with Gasteiger partial charge in [-0.05, 0) is 43.8 Å². The molecule has 0 aromatic heterocycles. The number of likely N-dealkylation sites (N-methyl/N-ethyl adjacent to an activating group) is 1. The number of ether oxygens (including phenoxy) is 1. The van der Waals surface area contributed by atoms with Gasteiger partial charge >= 0.3 is 5.97 Å². The van der Waals surface area contributed by atoms with Crippen LogP contribution in [-0.2, 0) is 11.2 Å². The minimum Gasteiger partial charge on any atom is -0.465 e. The average molecular weight is 236 g/mol. The molecule has 0 saturated carbocycles. The molecule has 0 aliphatic carbocycles. The molecule has 1 aromatic rings. The lowest BCUT2D eigenvalue weighted by Crippen LogP contribution is -2.16. The van der Waals surface area contributed by atoms with Gasteiger partial charge in [0.25, 0.3) is 0 Å². The number of rotatable bonds is 5. The van der Waals surface area contributed by atoms with E-state index >= 15 is 0 Å². The Balaban J connectivity index is 3.05. The Morgan fingerprint density at radius 2 is 2.12 bits per heavy atom. The fraction of sp³-hybridized carbons (Fsp3) is 0.462. The Labute approximate surface area is 103 Å². The number of carbonyl (C=O) groups is 1. The number of esters is 1. The van der Waals surface area contributed by atoms with Crippen LogP contribution in [0.15, 0.2) is 18.2 Å². The van der Waals surface area contributed by atoms with Gasteiger partial charge in [0.05, 0.1) is 12.7 Å². The first-order valence-corrected chi connectivity index (χ1v) is 5.63. The second-order valence-electron chi connectivity index (χ2n) is 4.08. The molecule has 4 nitrogen and oxygen atoms in total. The molecule has 0 unspecified atom stereocenters. The zero-order valence-electron chi connectivity index (χ0n) is 10.9. The highest BCUT2D eigenvalue weighted by molar-refractivity contribution is 5.90. The number of nitrogens with one attached hydrogen (secondary N) is 1. The molecule has 94 valence electrons. The van der Waals surface area contributed by atoms with Crippen molar-refractivity contribution < 1.29 is 9.53 Å². The maximum absolute atomic E-state index is 11.5. The van der Waals surface area contributed by atoms with Crippen molar-refractivity contribution in [3.8, 4) is 0 Å². The summed E-state index contributed by atoms with van der Waals surface area (Å²) in [6, 6.07) is 5.65. The quantitative estimate of drug-likeness (QED) is 0.782. The Morgan fingerprint density at radius 1 is 1.41 bits per heavy atom. The molecular formula is C13H20N2O2. The highest BCUT2D eigenvalue weighted by atomic mass is 16.5. The SMILES string of the molecule is CNCCc1cc(C(=O)OC)ccc1N(C)C. The van der Waals surface area contributed by atoms with Crippen LogP contribution in [0.4, 0.5) is 5.69 Å². The van der Waals surface area contributed by atoms with Crippen LogP contribution in [-0.4, -0.2) is 40.8 Å². The van der Waals surface area contributed by atoms with E-state index in [0.717, 1.165) is 24.2 Å². The minimum atomic E-state index is -0.291. The molecule has 0 fully saturated rings. The van der Waals surface area contributed by atoms with E-state index in [1.54, 1.807) is 6.07 Å². The average Bonchev–Trinajstić information content (AvgIpc) is 2.34. The lowest BCUT2D eigenvalue weighted by atomic mass is 10.0. The van der Waals surface area contributed by atoms with Gasteiger partial charge in [0.15, 0.2) is 0 Å². The number of methoxy groups -OCH3 is 1. The van der Waals surface area contributed by atoms with Crippen LogP contribution in [0.3, 0.4) is 0 Å². The number of carbonyl (C=O) groups excluding carboxylic acids is 1. The fourth-order valence-corrected chi connectivity index (χ4v) is 1.73. The van der Waals surface area contributed by atoms with Gasteiger partial charge in [-0.1, -0.05) is 0 Å². The van der Waals surface area contributed by atoms with Crippen LogP contribution < -0.4 is 10.2 Å². The maximum Gasteiger partial charge on any atom is 0.337 e. The standard InChI is InChI=1S/C13H20N2O2/c1-14-8-7-10-9-11(13(16)17-4)5-6-12(10)15(2)3/h5-6,9,14H,7-8H2,1-4H3. The predicted molar refractivity (Wildman–Crippen MR) is 69.7 cm³/mol. The molecule has 1 N–H and O–H groups in total. The fourth-order valence-electron chi connectivity index (χ4n) is 1.73. The van der Waals surface area contributed by atoms with Crippen molar-refractivity contribution in [1.29, 1.82) is 0 Å². The van der Waals surface area contributed by atoms with Crippen LogP contribution in [0.5, 0.6) is 0 Å². The molecule has 0 atom stereocenters. The van der Waals surface area contributed by atoms with E-state index in [1.807, 2.05) is 38.2 Å². The first-order valence-electron chi connectivity index (χ1n) is 5.63. The van der Waals surface area contributed by atoms with E-state index in [1.165, 1.54) is 7.11 Å². The smallest absolute Gasteiger partial charge is 0.337 e. The highest BCUT2D eigenvalue weighted by Crippen LogP contribution is 2.21. The van der Waals surface area contributed by atoms with Crippen molar-refractivity contribution in [2.75, 3.05) is 39.7 Å². The van der Waals surface area contributed by atoms with Gasteiger partial charge in [-0.3, -0.25) is 0 Å². The summed E-state index contributed by atoms with van der Waals surface area (Å²) in [6.45, 7) is 0.880. The first kappa shape index (κ1) is 13.5. The number of anilines is 1. The second-order valence-corrected chi connectivity index (χ2v) is 4.08. The third-order valence-electron chi connectivity index (χ3n) is 2.63. The minimum absolute atomic E-state index is 0.291. The molecule has 1 aromatic carbocycles. The number of benzene rings is 1. The van der Waals surface area contributed by atoms with E-state index in [4.69, 9.17) is 4.74 Å². The summed E-state index contributed by atoms with van der Waals surface area (Å²) in [6.07, 6.45) is 0.884. The van der Waals surface area contributed by atoms with Gasteiger partial charge in [-0.2, -0.15) is 0 Å². The molecule has 0 radical (unpaired) electrons. The Morgan fingerprint density at radius 3 is 2.65 bits per heavy atom. The molecule has 0 amide bonds. The molecule has 0 saturated heterocycles. The zero-order valence-corrected chi connectivity index (χ0v) is 10.9. The summed E-state index contributed by atoms with van der Waals surface area (Å²) in [7, 11) is 7.31. The normalized spacial score (nSPS) is 10.1. The third kappa shape index (κ3) is 3.46. The zero-order chi connectivity index (χ0) is 12.8. The second kappa shape index (κ2) is 6.25. The molecular weight excluding hydrogens is 216 g/mol. The summed E-state index contributed by atoms with van der Waals surface area (Å²) in [5.74, 6) is -0.291. The van der Waals surface area contributed by atoms with Crippen molar-refractivity contribution in [3.63, 3.8) is 0 Å². The Hall–Kier alpha value is -1.55. The van der Waals surface area contributed by atoms with Crippen molar-refractivity contribution in [3.05, 3.63) is 29.3 Å². The molecule has 0 aliphatic rings. The van der Waals surface area contributed by atoms with E-state index in [-0.39, 0.29) is 5.97 Å². The van der Waals surface area contributed by atoms with E-state index in [0.29, 0.717) is 5.56 Å². The van der Waals surface area contributed by atoms with Crippen molar-refractivity contribution >= 4 is 11.7 Å². The van der Waals surface area contributed by atoms with Crippen LogP contribution in [0, 0.1) is 0 Å². The van der Waals surface area contributed by atoms with Crippen LogP contribution in [0.1, 0.15) is 15.9 Å². The van der Waals surface area contributed by atoms with Crippen LogP contribution >= 0.6 is 0 Å². The topological polar surface area (TPSA) is 41.6 Å². The number of nitrogens with zero attached hydrogens (tertiary/aromatic N) is 1. The Kier molecular flexibility index (Phi) is 4.97. The molecule has 17 heavy (non-hydrogen) atoms. The van der Waals surface area contributed by atoms with E-state index < -0.39 is 0 Å². The molecule has 0 heterocycles. The van der Waals surface area contributed by atoms with Gasteiger partial charge < -0.3 is 15.0 Å². The maximum atomic E-state index is 11.5. The van der Waals surface area contributed by atoms with Crippen LogP contribution in [0.25, 0.3) is 0 Å². The predicted octanol–water partition coefficient (Wildman–Crippen LogP) is 1.30. The van der Waals surface area contributed by atoms with Gasteiger partial charge in [0.2, 0.25) is 0 Å². The van der Waals surface area contributed by atoms with Gasteiger partial charge in [0, 0.05) is 19.8 Å². The lowest BCUT2D eigenvalue weighted by Gasteiger charge is -2.18.